The molecule has 0 bridgehead atoms. The SMILES string of the molecule is NC(=O)c1cc[n+](CO)cc1. The number of rotatable bonds is 2. The molecule has 0 radical (unpaired) electrons. The molecular weight excluding hydrogens is 144 g/mol. The van der Waals surface area contributed by atoms with E-state index in [1.165, 1.54) is 4.57 Å². The molecule has 0 spiro atoms. The van der Waals surface area contributed by atoms with E-state index in [-0.39, 0.29) is 6.73 Å². The minimum atomic E-state index is -0.463. The van der Waals surface area contributed by atoms with Crippen molar-refractivity contribution < 1.29 is 14.5 Å². The van der Waals surface area contributed by atoms with Gasteiger partial charge in [-0.3, -0.25) is 4.79 Å². The standard InChI is InChI=1S/C7H8N2O2/c8-7(11)6-1-3-9(5-10)4-2-6/h1-4,10H,5H2,(H-,8,11)/p+1. The van der Waals surface area contributed by atoms with Crippen LogP contribution in [0.3, 0.4) is 0 Å². The maximum absolute atomic E-state index is 10.6. The molecule has 1 amide bonds. The highest BCUT2D eigenvalue weighted by Crippen LogP contribution is 1.91. The Bertz CT molecular complexity index is 256. The highest BCUT2D eigenvalue weighted by Gasteiger charge is 2.01. The number of aliphatic hydroxyl groups excluding tert-OH is 1. The molecule has 11 heavy (non-hydrogen) atoms. The fourth-order valence-corrected chi connectivity index (χ4v) is 0.716. The Morgan fingerprint density at radius 1 is 1.55 bits per heavy atom. The summed E-state index contributed by atoms with van der Waals surface area (Å²) in [6.07, 6.45) is 3.17. The average Bonchev–Trinajstić information content (AvgIpc) is 2.05. The zero-order chi connectivity index (χ0) is 8.27. The van der Waals surface area contributed by atoms with Crippen LogP contribution in [0.25, 0.3) is 0 Å². The highest BCUT2D eigenvalue weighted by atomic mass is 16.3. The summed E-state index contributed by atoms with van der Waals surface area (Å²) >= 11 is 0. The van der Waals surface area contributed by atoms with Crippen molar-refractivity contribution >= 4 is 5.91 Å². The first-order valence-electron chi connectivity index (χ1n) is 3.14. The Hall–Kier alpha value is -1.42. The number of amides is 1. The fraction of sp³-hybridized carbons (Fsp3) is 0.143. The number of primary amides is 1. The summed E-state index contributed by atoms with van der Waals surface area (Å²) in [5, 5.41) is 8.61. The molecule has 0 atom stereocenters. The van der Waals surface area contributed by atoms with Gasteiger partial charge in [0.15, 0.2) is 12.4 Å². The van der Waals surface area contributed by atoms with Gasteiger partial charge in [-0.1, -0.05) is 0 Å². The second kappa shape index (κ2) is 3.12. The third kappa shape index (κ3) is 1.75. The molecule has 4 heteroatoms. The quantitative estimate of drug-likeness (QED) is 0.536. The van der Waals surface area contributed by atoms with E-state index in [0.717, 1.165) is 0 Å². The van der Waals surface area contributed by atoms with Gasteiger partial charge in [0.2, 0.25) is 12.6 Å². The number of hydrogen-bond acceptors (Lipinski definition) is 2. The molecule has 1 rings (SSSR count). The maximum atomic E-state index is 10.6. The van der Waals surface area contributed by atoms with Crippen LogP contribution in [-0.2, 0) is 6.73 Å². The Morgan fingerprint density at radius 3 is 2.45 bits per heavy atom. The molecule has 0 aliphatic carbocycles. The second-order valence-electron chi connectivity index (χ2n) is 2.11. The summed E-state index contributed by atoms with van der Waals surface area (Å²) in [6, 6.07) is 3.11. The minimum Gasteiger partial charge on any atom is -0.366 e. The largest absolute Gasteiger partial charge is 0.366 e. The molecule has 1 aromatic heterocycles. The summed E-state index contributed by atoms with van der Waals surface area (Å²) in [5.74, 6) is -0.463. The number of pyridine rings is 1. The van der Waals surface area contributed by atoms with E-state index in [2.05, 4.69) is 0 Å². The van der Waals surface area contributed by atoms with E-state index in [4.69, 9.17) is 10.8 Å². The molecule has 4 nitrogen and oxygen atoms in total. The van der Waals surface area contributed by atoms with Crippen molar-refractivity contribution in [2.45, 2.75) is 6.73 Å². The Kier molecular flexibility index (Phi) is 2.18. The van der Waals surface area contributed by atoms with Crippen molar-refractivity contribution in [3.8, 4) is 0 Å². The van der Waals surface area contributed by atoms with Crippen LogP contribution in [0.4, 0.5) is 0 Å². The van der Waals surface area contributed by atoms with Gasteiger partial charge in [-0.2, -0.15) is 4.57 Å². The van der Waals surface area contributed by atoms with Gasteiger partial charge in [-0.25, -0.2) is 0 Å². The lowest BCUT2D eigenvalue weighted by Gasteiger charge is -1.92. The van der Waals surface area contributed by atoms with Crippen molar-refractivity contribution in [1.82, 2.24) is 0 Å². The lowest BCUT2D eigenvalue weighted by atomic mass is 10.2. The number of carbonyl (C=O) groups is 1. The fourth-order valence-electron chi connectivity index (χ4n) is 0.716. The summed E-state index contributed by atoms with van der Waals surface area (Å²) in [6.45, 7) is -0.0982. The number of nitrogens with two attached hydrogens (primary N) is 1. The van der Waals surface area contributed by atoms with Gasteiger partial charge in [-0.05, 0) is 0 Å². The van der Waals surface area contributed by atoms with Crippen molar-refractivity contribution in [2.24, 2.45) is 5.73 Å². The lowest BCUT2D eigenvalue weighted by Crippen LogP contribution is -2.32. The topological polar surface area (TPSA) is 67.2 Å². The molecule has 0 saturated heterocycles. The van der Waals surface area contributed by atoms with Gasteiger partial charge in [0.05, 0.1) is 5.56 Å². The molecule has 0 aliphatic rings. The zero-order valence-electron chi connectivity index (χ0n) is 5.90. The van der Waals surface area contributed by atoms with E-state index in [9.17, 15) is 4.79 Å². The number of nitrogens with zero attached hydrogens (tertiary/aromatic N) is 1. The molecule has 0 aromatic carbocycles. The molecule has 58 valence electrons. The zero-order valence-corrected chi connectivity index (χ0v) is 5.90. The summed E-state index contributed by atoms with van der Waals surface area (Å²) in [7, 11) is 0. The predicted octanol–water partition coefficient (Wildman–Crippen LogP) is -0.977. The summed E-state index contributed by atoms with van der Waals surface area (Å²) < 4.78 is 1.52. The van der Waals surface area contributed by atoms with Crippen LogP contribution in [0, 0.1) is 0 Å². The molecule has 3 N–H and O–H groups in total. The molecule has 0 saturated carbocycles. The smallest absolute Gasteiger partial charge is 0.250 e. The highest BCUT2D eigenvalue weighted by molar-refractivity contribution is 5.92. The normalized spacial score (nSPS) is 9.55. The van der Waals surface area contributed by atoms with Gasteiger partial charge in [0, 0.05) is 12.1 Å². The third-order valence-electron chi connectivity index (χ3n) is 1.34. The van der Waals surface area contributed by atoms with Gasteiger partial charge < -0.3 is 10.8 Å². The lowest BCUT2D eigenvalue weighted by molar-refractivity contribution is -0.729. The molecule has 0 unspecified atom stereocenters. The van der Waals surface area contributed by atoms with E-state index >= 15 is 0 Å². The molecule has 1 heterocycles. The number of aromatic nitrogens is 1. The monoisotopic (exact) mass is 153 g/mol. The number of carbonyl (C=O) groups excluding carboxylic acids is 1. The maximum Gasteiger partial charge on any atom is 0.250 e. The van der Waals surface area contributed by atoms with Crippen LogP contribution >= 0.6 is 0 Å². The second-order valence-corrected chi connectivity index (χ2v) is 2.11. The van der Waals surface area contributed by atoms with Gasteiger partial charge >= 0.3 is 0 Å². The van der Waals surface area contributed by atoms with E-state index in [1.54, 1.807) is 24.5 Å². The Morgan fingerprint density at radius 2 is 2.09 bits per heavy atom. The van der Waals surface area contributed by atoms with E-state index < -0.39 is 5.91 Å². The van der Waals surface area contributed by atoms with Gasteiger partial charge in [0.1, 0.15) is 0 Å². The Labute approximate surface area is 63.9 Å². The average molecular weight is 153 g/mol. The van der Waals surface area contributed by atoms with Crippen LogP contribution in [0.5, 0.6) is 0 Å². The molecule has 0 fully saturated rings. The molecular formula is C7H9N2O2+. The van der Waals surface area contributed by atoms with Crippen LogP contribution in [0.15, 0.2) is 24.5 Å². The summed E-state index contributed by atoms with van der Waals surface area (Å²) in [4.78, 5) is 10.6. The third-order valence-corrected chi connectivity index (χ3v) is 1.34. The van der Waals surface area contributed by atoms with Crippen LogP contribution in [-0.4, -0.2) is 11.0 Å². The van der Waals surface area contributed by atoms with Crippen LogP contribution in [0.1, 0.15) is 10.4 Å². The van der Waals surface area contributed by atoms with Crippen LogP contribution < -0.4 is 10.3 Å². The Balaban J connectivity index is 2.91. The number of aliphatic hydroxyl groups is 1. The number of hydrogen-bond donors (Lipinski definition) is 2. The van der Waals surface area contributed by atoms with Crippen molar-refractivity contribution in [3.05, 3.63) is 30.1 Å². The first kappa shape index (κ1) is 7.68. The van der Waals surface area contributed by atoms with Gasteiger partial charge in [-0.15, -0.1) is 0 Å². The molecule has 0 aliphatic heterocycles. The minimum absolute atomic E-state index is 0.0982. The first-order valence-corrected chi connectivity index (χ1v) is 3.14. The van der Waals surface area contributed by atoms with Crippen molar-refractivity contribution in [1.29, 1.82) is 0 Å². The van der Waals surface area contributed by atoms with Crippen LogP contribution in [0.2, 0.25) is 0 Å². The van der Waals surface area contributed by atoms with Crippen molar-refractivity contribution in [2.75, 3.05) is 0 Å². The first-order chi connectivity index (χ1) is 5.24. The predicted molar refractivity (Wildman–Crippen MR) is 37.4 cm³/mol. The van der Waals surface area contributed by atoms with Gasteiger partial charge in [0.25, 0.3) is 0 Å². The summed E-state index contributed by atoms with van der Waals surface area (Å²) in [5.41, 5.74) is 5.43. The van der Waals surface area contributed by atoms with E-state index in [0.29, 0.717) is 5.56 Å². The van der Waals surface area contributed by atoms with E-state index in [1.807, 2.05) is 0 Å². The molecule has 1 aromatic rings. The van der Waals surface area contributed by atoms with Crippen molar-refractivity contribution in [3.63, 3.8) is 0 Å².